The van der Waals surface area contributed by atoms with Crippen LogP contribution in [0, 0.1) is 5.92 Å². The molecule has 1 aromatic carbocycles. The lowest BCUT2D eigenvalue weighted by atomic mass is 9.95. The summed E-state index contributed by atoms with van der Waals surface area (Å²) in [5.41, 5.74) is 3.41. The van der Waals surface area contributed by atoms with Gasteiger partial charge in [0.25, 0.3) is 0 Å². The number of hydrogen-bond acceptors (Lipinski definition) is 2. The van der Waals surface area contributed by atoms with Crippen molar-refractivity contribution in [2.45, 2.75) is 33.2 Å². The second-order valence-corrected chi connectivity index (χ2v) is 5.94. The normalized spacial score (nSPS) is 12.5. The van der Waals surface area contributed by atoms with Crippen LogP contribution in [0.25, 0.3) is 6.08 Å². The molecular weight excluding hydrogens is 284 g/mol. The maximum absolute atomic E-state index is 12.2. The van der Waals surface area contributed by atoms with Gasteiger partial charge in [-0.1, -0.05) is 45.0 Å². The summed E-state index contributed by atoms with van der Waals surface area (Å²) in [7, 11) is 0. The zero-order valence-corrected chi connectivity index (χ0v) is 14.0. The van der Waals surface area contributed by atoms with Crippen molar-refractivity contribution in [2.75, 3.05) is 0 Å². The van der Waals surface area contributed by atoms with E-state index in [2.05, 4.69) is 55.3 Å². The Bertz CT molecular complexity index is 645. The molecule has 1 heterocycles. The molecule has 0 radical (unpaired) electrons. The van der Waals surface area contributed by atoms with Gasteiger partial charge in [0.2, 0.25) is 5.91 Å². The van der Waals surface area contributed by atoms with Crippen LogP contribution in [-0.2, 0) is 11.2 Å². The van der Waals surface area contributed by atoms with E-state index in [9.17, 15) is 4.79 Å². The summed E-state index contributed by atoms with van der Waals surface area (Å²) in [6, 6.07) is 12.2. The van der Waals surface area contributed by atoms with Crippen molar-refractivity contribution in [3.05, 3.63) is 71.6 Å². The van der Waals surface area contributed by atoms with Gasteiger partial charge in [-0.15, -0.1) is 0 Å². The van der Waals surface area contributed by atoms with Crippen LogP contribution in [0.3, 0.4) is 0 Å². The first-order chi connectivity index (χ1) is 11.1. The molecule has 0 saturated heterocycles. The van der Waals surface area contributed by atoms with E-state index < -0.39 is 0 Å². The fourth-order valence-electron chi connectivity index (χ4n) is 2.44. The third-order valence-electron chi connectivity index (χ3n) is 3.84. The Balaban J connectivity index is 2.06. The molecule has 120 valence electrons. The zero-order chi connectivity index (χ0) is 16.7. The molecule has 1 aromatic heterocycles. The summed E-state index contributed by atoms with van der Waals surface area (Å²) in [6.45, 7) is 6.37. The van der Waals surface area contributed by atoms with Crippen LogP contribution >= 0.6 is 0 Å². The Morgan fingerprint density at radius 1 is 1.13 bits per heavy atom. The maximum Gasteiger partial charge on any atom is 0.244 e. The molecule has 0 spiro atoms. The summed E-state index contributed by atoms with van der Waals surface area (Å²) in [6.07, 6.45) is 7.82. The molecule has 3 heteroatoms. The number of benzene rings is 1. The molecule has 3 nitrogen and oxygen atoms in total. The third-order valence-corrected chi connectivity index (χ3v) is 3.84. The van der Waals surface area contributed by atoms with E-state index in [1.807, 2.05) is 12.1 Å². The second-order valence-electron chi connectivity index (χ2n) is 5.94. The van der Waals surface area contributed by atoms with Gasteiger partial charge in [0.05, 0.1) is 6.04 Å². The summed E-state index contributed by atoms with van der Waals surface area (Å²) in [5.74, 6) is 0.237. The van der Waals surface area contributed by atoms with Crippen molar-refractivity contribution in [3.63, 3.8) is 0 Å². The number of nitrogens with one attached hydrogen (secondary N) is 1. The Morgan fingerprint density at radius 3 is 2.35 bits per heavy atom. The summed E-state index contributed by atoms with van der Waals surface area (Å²) < 4.78 is 0. The second kappa shape index (κ2) is 8.28. The van der Waals surface area contributed by atoms with Crippen LogP contribution < -0.4 is 5.32 Å². The molecule has 1 N–H and O–H groups in total. The molecule has 1 amide bonds. The molecule has 1 atom stereocenters. The van der Waals surface area contributed by atoms with Gasteiger partial charge >= 0.3 is 0 Å². The number of carbonyl (C=O) groups is 1. The predicted molar refractivity (Wildman–Crippen MR) is 94.8 cm³/mol. The molecule has 0 saturated carbocycles. The first-order valence-electron chi connectivity index (χ1n) is 8.07. The van der Waals surface area contributed by atoms with Gasteiger partial charge in [0.1, 0.15) is 0 Å². The van der Waals surface area contributed by atoms with Gasteiger partial charge in [-0.3, -0.25) is 9.78 Å². The fraction of sp³-hybridized carbons (Fsp3) is 0.300. The Hall–Kier alpha value is -2.42. The molecule has 23 heavy (non-hydrogen) atoms. The van der Waals surface area contributed by atoms with Crippen LogP contribution in [0.5, 0.6) is 0 Å². The number of nitrogens with zero attached hydrogens (tertiary/aromatic N) is 1. The molecule has 0 fully saturated rings. The monoisotopic (exact) mass is 308 g/mol. The van der Waals surface area contributed by atoms with Gasteiger partial charge in [0.15, 0.2) is 0 Å². The largest absolute Gasteiger partial charge is 0.345 e. The highest BCUT2D eigenvalue weighted by atomic mass is 16.1. The van der Waals surface area contributed by atoms with Crippen LogP contribution in [0.1, 0.15) is 43.5 Å². The van der Waals surface area contributed by atoms with Crippen molar-refractivity contribution in [2.24, 2.45) is 5.92 Å². The number of rotatable bonds is 6. The minimum Gasteiger partial charge on any atom is -0.345 e. The maximum atomic E-state index is 12.2. The van der Waals surface area contributed by atoms with Crippen LogP contribution in [0.2, 0.25) is 0 Å². The number of carbonyl (C=O) groups excluding carboxylic acids is 1. The topological polar surface area (TPSA) is 42.0 Å². The molecule has 0 bridgehead atoms. The van der Waals surface area contributed by atoms with Gasteiger partial charge in [0, 0.05) is 18.5 Å². The Kier molecular flexibility index (Phi) is 6.10. The smallest absolute Gasteiger partial charge is 0.244 e. The standard InChI is InChI=1S/C20H24N2O/c1-4-16-5-8-18(9-6-16)20(15(2)3)22-19(23)10-7-17-11-13-21-14-12-17/h5-15,20H,4H2,1-3H3,(H,22,23)/b10-7+. The molecule has 0 aliphatic carbocycles. The van der Waals surface area contributed by atoms with Crippen LogP contribution in [0.4, 0.5) is 0 Å². The van der Waals surface area contributed by atoms with E-state index in [0.717, 1.165) is 17.5 Å². The third kappa shape index (κ3) is 5.06. The first-order valence-corrected chi connectivity index (χ1v) is 8.07. The van der Waals surface area contributed by atoms with Gasteiger partial charge in [-0.2, -0.15) is 0 Å². The number of aromatic nitrogens is 1. The molecule has 1 unspecified atom stereocenters. The summed E-state index contributed by atoms with van der Waals surface area (Å²) in [5, 5.41) is 3.10. The van der Waals surface area contributed by atoms with E-state index in [1.54, 1.807) is 24.5 Å². The highest BCUT2D eigenvalue weighted by Gasteiger charge is 2.17. The van der Waals surface area contributed by atoms with Crippen molar-refractivity contribution in [1.29, 1.82) is 0 Å². The predicted octanol–water partition coefficient (Wildman–Crippen LogP) is 4.17. The zero-order valence-electron chi connectivity index (χ0n) is 14.0. The van der Waals surface area contributed by atoms with Gasteiger partial charge in [-0.05, 0) is 47.2 Å². The molecular formula is C20H24N2O. The van der Waals surface area contributed by atoms with Gasteiger partial charge < -0.3 is 5.32 Å². The lowest BCUT2D eigenvalue weighted by molar-refractivity contribution is -0.117. The van der Waals surface area contributed by atoms with Crippen molar-refractivity contribution in [3.8, 4) is 0 Å². The van der Waals surface area contributed by atoms with E-state index in [0.29, 0.717) is 5.92 Å². The molecule has 0 aliphatic heterocycles. The van der Waals surface area contributed by atoms with Crippen molar-refractivity contribution >= 4 is 12.0 Å². The van der Waals surface area contributed by atoms with E-state index >= 15 is 0 Å². The summed E-state index contributed by atoms with van der Waals surface area (Å²) in [4.78, 5) is 16.2. The Labute approximate surface area is 138 Å². The quantitative estimate of drug-likeness (QED) is 0.814. The fourth-order valence-corrected chi connectivity index (χ4v) is 2.44. The van der Waals surface area contributed by atoms with Crippen LogP contribution in [-0.4, -0.2) is 10.9 Å². The average Bonchev–Trinajstić information content (AvgIpc) is 2.58. The first kappa shape index (κ1) is 16.9. The number of amides is 1. The minimum absolute atomic E-state index is 0.00972. The minimum atomic E-state index is -0.0833. The average molecular weight is 308 g/mol. The molecule has 2 aromatic rings. The lowest BCUT2D eigenvalue weighted by Crippen LogP contribution is -2.30. The lowest BCUT2D eigenvalue weighted by Gasteiger charge is -2.22. The Morgan fingerprint density at radius 2 is 1.78 bits per heavy atom. The number of aryl methyl sites for hydroxylation is 1. The van der Waals surface area contributed by atoms with Crippen molar-refractivity contribution < 1.29 is 4.79 Å². The van der Waals surface area contributed by atoms with Crippen LogP contribution in [0.15, 0.2) is 54.9 Å². The van der Waals surface area contributed by atoms with E-state index in [-0.39, 0.29) is 11.9 Å². The van der Waals surface area contributed by atoms with E-state index in [4.69, 9.17) is 0 Å². The highest BCUT2D eigenvalue weighted by Crippen LogP contribution is 2.22. The number of pyridine rings is 1. The summed E-state index contributed by atoms with van der Waals surface area (Å²) >= 11 is 0. The molecule has 0 aliphatic rings. The molecule has 2 rings (SSSR count). The van der Waals surface area contributed by atoms with Crippen molar-refractivity contribution in [1.82, 2.24) is 10.3 Å². The van der Waals surface area contributed by atoms with E-state index in [1.165, 1.54) is 5.56 Å². The number of hydrogen-bond donors (Lipinski definition) is 1. The van der Waals surface area contributed by atoms with Gasteiger partial charge in [-0.25, -0.2) is 0 Å². The SMILES string of the molecule is CCc1ccc(C(NC(=O)/C=C/c2ccncc2)C(C)C)cc1. The highest BCUT2D eigenvalue weighted by molar-refractivity contribution is 5.92.